The number of carboxylic acid groups (broad SMARTS) is 1. The van der Waals surface area contributed by atoms with Crippen molar-refractivity contribution in [3.63, 3.8) is 0 Å². The van der Waals surface area contributed by atoms with Crippen molar-refractivity contribution in [3.8, 4) is 11.1 Å². The fraction of sp³-hybridized carbons (Fsp3) is 0.286. The number of nitrogens with one attached hydrogen (secondary N) is 1. The first-order valence-corrected chi connectivity index (χ1v) is 10.5. The third-order valence-electron chi connectivity index (χ3n) is 4.66. The van der Waals surface area contributed by atoms with Gasteiger partial charge in [-0.15, -0.1) is 0 Å². The van der Waals surface area contributed by atoms with Crippen LogP contribution in [0, 0.1) is 0 Å². The van der Waals surface area contributed by atoms with Gasteiger partial charge < -0.3 is 24.6 Å². The highest BCUT2D eigenvalue weighted by atomic mass is 35.6. The lowest BCUT2D eigenvalue weighted by molar-refractivity contribution is -0.140. The Morgan fingerprint density at radius 3 is 2.03 bits per heavy atom. The zero-order chi connectivity index (χ0) is 23.3. The van der Waals surface area contributed by atoms with E-state index in [9.17, 15) is 19.5 Å². The third kappa shape index (κ3) is 6.18. The number of rotatable bonds is 7. The molecule has 8 nitrogen and oxygen atoms in total. The molecule has 3 rings (SSSR count). The maximum absolute atomic E-state index is 12.1. The van der Waals surface area contributed by atoms with E-state index >= 15 is 0 Å². The van der Waals surface area contributed by atoms with E-state index in [2.05, 4.69) is 4.74 Å². The Kier molecular flexibility index (Phi) is 7.71. The summed E-state index contributed by atoms with van der Waals surface area (Å²) < 4.78 is 12.8. The molecule has 0 saturated heterocycles. The Labute approximate surface area is 198 Å². The Morgan fingerprint density at radius 1 is 0.938 bits per heavy atom. The molecule has 1 atom stereocenters. The zero-order valence-electron chi connectivity index (χ0n) is 16.4. The van der Waals surface area contributed by atoms with E-state index < -0.39 is 41.3 Å². The van der Waals surface area contributed by atoms with E-state index in [4.69, 9.17) is 44.3 Å². The molecule has 0 aliphatic heterocycles. The Bertz CT molecular complexity index is 963. The van der Waals surface area contributed by atoms with E-state index in [0.29, 0.717) is 0 Å². The first-order chi connectivity index (χ1) is 15.2. The second kappa shape index (κ2) is 10.3. The van der Waals surface area contributed by atoms with E-state index in [0.717, 1.165) is 22.3 Å². The topological polar surface area (TPSA) is 111 Å². The molecule has 170 valence electrons. The van der Waals surface area contributed by atoms with Gasteiger partial charge in [0.05, 0.1) is 0 Å². The van der Waals surface area contributed by atoms with Crippen LogP contribution in [0.5, 0.6) is 0 Å². The van der Waals surface area contributed by atoms with Crippen molar-refractivity contribution in [1.29, 1.82) is 0 Å². The van der Waals surface area contributed by atoms with Crippen molar-refractivity contribution in [2.45, 2.75) is 15.8 Å². The van der Waals surface area contributed by atoms with Gasteiger partial charge >= 0.3 is 18.2 Å². The number of benzene rings is 2. The highest BCUT2D eigenvalue weighted by molar-refractivity contribution is 6.67. The van der Waals surface area contributed by atoms with Crippen molar-refractivity contribution < 1.29 is 33.7 Å². The van der Waals surface area contributed by atoms with Gasteiger partial charge in [0.15, 0.2) is 6.04 Å². The number of amides is 1. The number of alkyl carbamates (subject to hydrolysis) is 1. The second-order valence-electron chi connectivity index (χ2n) is 6.83. The minimum absolute atomic E-state index is 0.00329. The van der Waals surface area contributed by atoms with Gasteiger partial charge in [0, 0.05) is 5.92 Å². The number of carboxylic acids is 1. The average molecular weight is 503 g/mol. The summed E-state index contributed by atoms with van der Waals surface area (Å²) in [7, 11) is 0. The van der Waals surface area contributed by atoms with Crippen LogP contribution in [0.1, 0.15) is 17.0 Å². The smallest absolute Gasteiger partial charge is 0.480 e. The molecule has 2 aromatic rings. The summed E-state index contributed by atoms with van der Waals surface area (Å²) >= 11 is 16.4. The third-order valence-corrected chi connectivity index (χ3v) is 4.98. The standard InChI is InChI=1S/C21H18Cl3NO7/c22-21(23,24)11-32-19(28)25-17(18(26)27)10-31-20(29)30-9-16-14-7-3-1-5-12(14)13-6-2-4-8-15(13)16/h1-8,16-17H,9-11H2,(H,25,28)(H,26,27). The van der Waals surface area contributed by atoms with Gasteiger partial charge in [0.1, 0.15) is 19.8 Å². The number of hydrogen-bond donors (Lipinski definition) is 2. The lowest BCUT2D eigenvalue weighted by Gasteiger charge is -2.17. The molecule has 0 spiro atoms. The molecular formula is C21H18Cl3NO7. The molecule has 0 radical (unpaired) electrons. The number of halogens is 3. The van der Waals surface area contributed by atoms with Crippen molar-refractivity contribution in [3.05, 3.63) is 59.7 Å². The van der Waals surface area contributed by atoms with E-state index in [1.54, 1.807) is 0 Å². The Morgan fingerprint density at radius 2 is 1.50 bits per heavy atom. The number of aliphatic carboxylic acids is 1. The van der Waals surface area contributed by atoms with E-state index in [-0.39, 0.29) is 12.5 Å². The van der Waals surface area contributed by atoms with E-state index in [1.165, 1.54) is 0 Å². The molecule has 1 amide bonds. The molecule has 0 fully saturated rings. The maximum atomic E-state index is 12.1. The summed E-state index contributed by atoms with van der Waals surface area (Å²) in [4.78, 5) is 35.0. The highest BCUT2D eigenvalue weighted by Gasteiger charge is 2.30. The van der Waals surface area contributed by atoms with Crippen molar-refractivity contribution >= 4 is 53.0 Å². The fourth-order valence-corrected chi connectivity index (χ4v) is 3.45. The number of carbonyl (C=O) groups excluding carboxylic acids is 2. The van der Waals surface area contributed by atoms with Crippen LogP contribution in [0.4, 0.5) is 9.59 Å². The van der Waals surface area contributed by atoms with Crippen LogP contribution >= 0.6 is 34.8 Å². The second-order valence-corrected chi connectivity index (χ2v) is 9.34. The molecule has 2 N–H and O–H groups in total. The van der Waals surface area contributed by atoms with Crippen LogP contribution < -0.4 is 5.32 Å². The van der Waals surface area contributed by atoms with Crippen LogP contribution in [0.15, 0.2) is 48.5 Å². The van der Waals surface area contributed by atoms with Gasteiger partial charge in [0.25, 0.3) is 0 Å². The van der Waals surface area contributed by atoms with Gasteiger partial charge in [0.2, 0.25) is 3.79 Å². The number of alkyl halides is 3. The summed E-state index contributed by atoms with van der Waals surface area (Å²) in [6.45, 7) is -1.28. The Hall–Kier alpha value is -2.68. The number of hydrogen-bond acceptors (Lipinski definition) is 6. The molecule has 1 aliphatic rings. The predicted octanol–water partition coefficient (Wildman–Crippen LogP) is 4.50. The molecule has 0 bridgehead atoms. The molecule has 0 heterocycles. The van der Waals surface area contributed by atoms with Crippen LogP contribution in [0.2, 0.25) is 0 Å². The van der Waals surface area contributed by atoms with Crippen molar-refractivity contribution in [2.75, 3.05) is 19.8 Å². The molecule has 32 heavy (non-hydrogen) atoms. The molecule has 0 saturated carbocycles. The first-order valence-electron chi connectivity index (χ1n) is 9.36. The summed E-state index contributed by atoms with van der Waals surface area (Å²) in [6.07, 6.45) is -2.23. The molecule has 1 aliphatic carbocycles. The predicted molar refractivity (Wildman–Crippen MR) is 117 cm³/mol. The molecule has 1 unspecified atom stereocenters. The minimum Gasteiger partial charge on any atom is -0.480 e. The normalized spacial score (nSPS) is 13.5. The average Bonchev–Trinajstić information content (AvgIpc) is 3.07. The van der Waals surface area contributed by atoms with Crippen LogP contribution in [-0.4, -0.2) is 53.0 Å². The van der Waals surface area contributed by atoms with Gasteiger partial charge in [-0.1, -0.05) is 83.3 Å². The van der Waals surface area contributed by atoms with Crippen LogP contribution in [-0.2, 0) is 19.0 Å². The van der Waals surface area contributed by atoms with Crippen LogP contribution in [0.25, 0.3) is 11.1 Å². The van der Waals surface area contributed by atoms with Crippen molar-refractivity contribution in [2.24, 2.45) is 0 Å². The molecule has 11 heteroatoms. The summed E-state index contributed by atoms with van der Waals surface area (Å²) in [5.74, 6) is -1.64. The fourth-order valence-electron chi connectivity index (χ4n) is 3.29. The number of ether oxygens (including phenoxy) is 3. The molecule has 0 aromatic heterocycles. The Balaban J connectivity index is 1.53. The monoisotopic (exact) mass is 501 g/mol. The van der Waals surface area contributed by atoms with Gasteiger partial charge in [-0.05, 0) is 22.3 Å². The highest BCUT2D eigenvalue weighted by Crippen LogP contribution is 2.44. The maximum Gasteiger partial charge on any atom is 0.508 e. The van der Waals surface area contributed by atoms with Crippen LogP contribution in [0.3, 0.4) is 0 Å². The van der Waals surface area contributed by atoms with Gasteiger partial charge in [-0.3, -0.25) is 0 Å². The first kappa shape index (κ1) is 24.0. The lowest BCUT2D eigenvalue weighted by atomic mass is 9.98. The van der Waals surface area contributed by atoms with Gasteiger partial charge in [-0.2, -0.15) is 0 Å². The largest absolute Gasteiger partial charge is 0.508 e. The molecule has 2 aromatic carbocycles. The van der Waals surface area contributed by atoms with E-state index in [1.807, 2.05) is 53.8 Å². The number of carbonyl (C=O) groups is 3. The van der Waals surface area contributed by atoms with Crippen molar-refractivity contribution in [1.82, 2.24) is 5.32 Å². The zero-order valence-corrected chi connectivity index (χ0v) is 18.7. The van der Waals surface area contributed by atoms with Gasteiger partial charge in [-0.25, -0.2) is 14.4 Å². The SMILES string of the molecule is O=C(NC(COC(=O)OCC1c2ccccc2-c2ccccc21)C(=O)O)OCC(Cl)(Cl)Cl. The summed E-state index contributed by atoms with van der Waals surface area (Å²) in [6, 6.07) is 14.0. The quantitative estimate of drug-likeness (QED) is 0.423. The minimum atomic E-state index is -1.85. The lowest BCUT2D eigenvalue weighted by Crippen LogP contribution is -2.45. The molecular weight excluding hydrogens is 485 g/mol. The summed E-state index contributed by atoms with van der Waals surface area (Å²) in [5, 5.41) is 11.2. The summed E-state index contributed by atoms with van der Waals surface area (Å²) in [5.41, 5.74) is 4.16. The number of fused-ring (bicyclic) bond motifs is 3.